The van der Waals surface area contributed by atoms with Gasteiger partial charge in [0.1, 0.15) is 0 Å². The summed E-state index contributed by atoms with van der Waals surface area (Å²) in [4.78, 5) is 18.4. The zero-order chi connectivity index (χ0) is 15.4. The minimum Gasteiger partial charge on any atom is -0.344 e. The number of fused-ring (bicyclic) bond motifs is 1. The molecular weight excluding hydrogens is 274 g/mol. The second-order valence-corrected chi connectivity index (χ2v) is 5.77. The summed E-state index contributed by atoms with van der Waals surface area (Å²) in [7, 11) is 1.88. The SMILES string of the molecule is CN(CCc1ccncc1)C(=O)C1Cc2ccccc2CN1. The van der Waals surface area contributed by atoms with Crippen molar-refractivity contribution in [3.8, 4) is 0 Å². The number of pyridine rings is 1. The first-order valence-corrected chi connectivity index (χ1v) is 7.68. The van der Waals surface area contributed by atoms with Crippen molar-refractivity contribution in [3.63, 3.8) is 0 Å². The van der Waals surface area contributed by atoms with Gasteiger partial charge in [-0.1, -0.05) is 24.3 Å². The molecule has 2 heterocycles. The van der Waals surface area contributed by atoms with Crippen LogP contribution in [0.4, 0.5) is 0 Å². The Morgan fingerprint density at radius 2 is 1.95 bits per heavy atom. The molecule has 4 heteroatoms. The second-order valence-electron chi connectivity index (χ2n) is 5.77. The fourth-order valence-corrected chi connectivity index (χ4v) is 2.85. The summed E-state index contributed by atoms with van der Waals surface area (Å²) in [5.74, 6) is 0.170. The van der Waals surface area contributed by atoms with Crippen LogP contribution in [0.25, 0.3) is 0 Å². The van der Waals surface area contributed by atoms with Gasteiger partial charge in [0.25, 0.3) is 0 Å². The number of amides is 1. The van der Waals surface area contributed by atoms with Gasteiger partial charge in [0.05, 0.1) is 6.04 Å². The molecule has 1 aliphatic rings. The molecule has 1 aromatic heterocycles. The minimum atomic E-state index is -0.114. The minimum absolute atomic E-state index is 0.114. The number of likely N-dealkylation sites (N-methyl/N-ethyl adjacent to an activating group) is 1. The molecule has 4 nitrogen and oxygen atoms in total. The Labute approximate surface area is 131 Å². The van der Waals surface area contributed by atoms with Gasteiger partial charge in [-0.3, -0.25) is 9.78 Å². The maximum absolute atomic E-state index is 12.6. The van der Waals surface area contributed by atoms with Crippen molar-refractivity contribution in [2.75, 3.05) is 13.6 Å². The molecule has 0 saturated heterocycles. The van der Waals surface area contributed by atoms with E-state index in [1.807, 2.05) is 36.2 Å². The standard InChI is InChI=1S/C18H21N3O/c1-21(11-8-14-6-9-19-10-7-14)18(22)17-12-15-4-2-3-5-16(15)13-20-17/h2-7,9-10,17,20H,8,11-13H2,1H3. The third kappa shape index (κ3) is 3.34. The number of hydrogen-bond donors (Lipinski definition) is 1. The highest BCUT2D eigenvalue weighted by Gasteiger charge is 2.26. The molecule has 0 saturated carbocycles. The van der Waals surface area contributed by atoms with Crippen molar-refractivity contribution < 1.29 is 4.79 Å². The predicted molar refractivity (Wildman–Crippen MR) is 86.4 cm³/mol. The molecular formula is C18H21N3O. The first-order valence-electron chi connectivity index (χ1n) is 7.68. The van der Waals surface area contributed by atoms with Crippen molar-refractivity contribution in [1.29, 1.82) is 0 Å². The van der Waals surface area contributed by atoms with E-state index in [2.05, 4.69) is 22.4 Å². The van der Waals surface area contributed by atoms with Gasteiger partial charge >= 0.3 is 0 Å². The molecule has 0 aliphatic carbocycles. The molecule has 1 unspecified atom stereocenters. The molecule has 3 rings (SSSR count). The molecule has 114 valence electrons. The quantitative estimate of drug-likeness (QED) is 0.935. The number of aromatic nitrogens is 1. The average Bonchev–Trinajstić information content (AvgIpc) is 2.59. The Hall–Kier alpha value is -2.20. The number of rotatable bonds is 4. The smallest absolute Gasteiger partial charge is 0.239 e. The highest BCUT2D eigenvalue weighted by molar-refractivity contribution is 5.82. The van der Waals surface area contributed by atoms with Crippen LogP contribution in [0.3, 0.4) is 0 Å². The summed E-state index contributed by atoms with van der Waals surface area (Å²) >= 11 is 0. The van der Waals surface area contributed by atoms with Gasteiger partial charge < -0.3 is 10.2 Å². The van der Waals surface area contributed by atoms with E-state index < -0.39 is 0 Å². The van der Waals surface area contributed by atoms with Crippen LogP contribution < -0.4 is 5.32 Å². The van der Waals surface area contributed by atoms with Crippen LogP contribution in [-0.2, 0) is 24.2 Å². The molecule has 0 fully saturated rings. The number of benzene rings is 1. The first kappa shape index (κ1) is 14.7. The van der Waals surface area contributed by atoms with Crippen LogP contribution >= 0.6 is 0 Å². The molecule has 0 bridgehead atoms. The van der Waals surface area contributed by atoms with Gasteiger partial charge in [-0.05, 0) is 41.7 Å². The predicted octanol–water partition coefficient (Wildman–Crippen LogP) is 1.80. The topological polar surface area (TPSA) is 45.2 Å². The van der Waals surface area contributed by atoms with Crippen LogP contribution in [0.15, 0.2) is 48.8 Å². The summed E-state index contributed by atoms with van der Waals surface area (Å²) < 4.78 is 0. The van der Waals surface area contributed by atoms with Crippen molar-refractivity contribution in [2.24, 2.45) is 0 Å². The van der Waals surface area contributed by atoms with Gasteiger partial charge in [0.15, 0.2) is 0 Å². The average molecular weight is 295 g/mol. The van der Waals surface area contributed by atoms with Crippen LogP contribution in [-0.4, -0.2) is 35.4 Å². The zero-order valence-corrected chi connectivity index (χ0v) is 12.8. The van der Waals surface area contributed by atoms with Crippen LogP contribution in [0.2, 0.25) is 0 Å². The Morgan fingerprint density at radius 3 is 2.73 bits per heavy atom. The number of nitrogens with one attached hydrogen (secondary N) is 1. The van der Waals surface area contributed by atoms with E-state index in [9.17, 15) is 4.79 Å². The van der Waals surface area contributed by atoms with Crippen LogP contribution in [0.1, 0.15) is 16.7 Å². The molecule has 1 aliphatic heterocycles. The van der Waals surface area contributed by atoms with E-state index in [0.29, 0.717) is 0 Å². The Bertz CT molecular complexity index is 642. The number of carbonyl (C=O) groups excluding carboxylic acids is 1. The number of hydrogen-bond acceptors (Lipinski definition) is 3. The number of nitrogens with zero attached hydrogens (tertiary/aromatic N) is 2. The summed E-state index contributed by atoms with van der Waals surface area (Å²) in [6.45, 7) is 1.49. The first-order chi connectivity index (χ1) is 10.7. The normalized spacial score (nSPS) is 16.9. The molecule has 1 aromatic carbocycles. The lowest BCUT2D eigenvalue weighted by Crippen LogP contribution is -2.48. The van der Waals surface area contributed by atoms with Gasteiger partial charge in [-0.2, -0.15) is 0 Å². The largest absolute Gasteiger partial charge is 0.344 e. The van der Waals surface area contributed by atoms with Crippen molar-refractivity contribution in [1.82, 2.24) is 15.2 Å². The third-order valence-electron chi connectivity index (χ3n) is 4.24. The lowest BCUT2D eigenvalue weighted by atomic mass is 9.95. The fourth-order valence-electron chi connectivity index (χ4n) is 2.85. The van der Waals surface area contributed by atoms with E-state index in [4.69, 9.17) is 0 Å². The van der Waals surface area contributed by atoms with E-state index in [-0.39, 0.29) is 11.9 Å². The fraction of sp³-hybridized carbons (Fsp3) is 0.333. The van der Waals surface area contributed by atoms with E-state index in [1.54, 1.807) is 12.4 Å². The lowest BCUT2D eigenvalue weighted by molar-refractivity contribution is -0.132. The molecule has 22 heavy (non-hydrogen) atoms. The van der Waals surface area contributed by atoms with Gasteiger partial charge in [0, 0.05) is 32.5 Å². The van der Waals surface area contributed by atoms with E-state index in [0.717, 1.165) is 25.9 Å². The van der Waals surface area contributed by atoms with Crippen molar-refractivity contribution in [2.45, 2.75) is 25.4 Å². The maximum atomic E-state index is 12.6. The molecule has 0 radical (unpaired) electrons. The zero-order valence-electron chi connectivity index (χ0n) is 12.8. The maximum Gasteiger partial charge on any atom is 0.239 e. The highest BCUT2D eigenvalue weighted by atomic mass is 16.2. The molecule has 2 aromatic rings. The van der Waals surface area contributed by atoms with Crippen molar-refractivity contribution >= 4 is 5.91 Å². The monoisotopic (exact) mass is 295 g/mol. The molecule has 1 N–H and O–H groups in total. The van der Waals surface area contributed by atoms with Crippen molar-refractivity contribution in [3.05, 3.63) is 65.5 Å². The Morgan fingerprint density at radius 1 is 1.23 bits per heavy atom. The van der Waals surface area contributed by atoms with Crippen LogP contribution in [0.5, 0.6) is 0 Å². The second kappa shape index (κ2) is 6.71. The summed E-state index contributed by atoms with van der Waals surface area (Å²) in [6.07, 6.45) is 5.20. The summed E-state index contributed by atoms with van der Waals surface area (Å²) in [5.41, 5.74) is 3.78. The molecule has 1 atom stereocenters. The summed E-state index contributed by atoms with van der Waals surface area (Å²) in [5, 5.41) is 3.35. The highest BCUT2D eigenvalue weighted by Crippen LogP contribution is 2.17. The molecule has 0 spiro atoms. The number of carbonyl (C=O) groups is 1. The summed E-state index contributed by atoms with van der Waals surface area (Å²) in [6, 6.07) is 12.2. The third-order valence-corrected chi connectivity index (χ3v) is 4.24. The van der Waals surface area contributed by atoms with Gasteiger partial charge in [-0.15, -0.1) is 0 Å². The van der Waals surface area contributed by atoms with E-state index >= 15 is 0 Å². The lowest BCUT2D eigenvalue weighted by Gasteiger charge is -2.29. The van der Waals surface area contributed by atoms with Gasteiger partial charge in [-0.25, -0.2) is 0 Å². The Balaban J connectivity index is 1.57. The van der Waals surface area contributed by atoms with E-state index in [1.165, 1.54) is 16.7 Å². The van der Waals surface area contributed by atoms with Gasteiger partial charge in [0.2, 0.25) is 5.91 Å². The molecule has 1 amide bonds. The Kier molecular flexibility index (Phi) is 4.49. The van der Waals surface area contributed by atoms with Crippen LogP contribution in [0, 0.1) is 0 Å².